The highest BCUT2D eigenvalue weighted by Crippen LogP contribution is 2.52. The molecule has 1 spiro atoms. The van der Waals surface area contributed by atoms with E-state index in [0.717, 1.165) is 37.0 Å². The maximum Gasteiger partial charge on any atom is 0.263 e. The van der Waals surface area contributed by atoms with E-state index in [0.29, 0.717) is 0 Å². The third kappa shape index (κ3) is 2.09. The average Bonchev–Trinajstić information content (AvgIpc) is 3.08. The summed E-state index contributed by atoms with van der Waals surface area (Å²) >= 11 is 1.86. The first-order chi connectivity index (χ1) is 9.25. The highest BCUT2D eigenvalue weighted by molar-refractivity contribution is 8.16. The van der Waals surface area contributed by atoms with Crippen molar-refractivity contribution in [2.45, 2.75) is 69.0 Å². The van der Waals surface area contributed by atoms with Crippen molar-refractivity contribution in [1.29, 1.82) is 0 Å². The van der Waals surface area contributed by atoms with E-state index in [9.17, 15) is 4.79 Å². The predicted octanol–water partition coefficient (Wildman–Crippen LogP) is 4.19. The third-order valence-corrected chi connectivity index (χ3v) is 7.38. The molecule has 3 aliphatic carbocycles. The fraction of sp³-hybridized carbons (Fsp3) is 0.875. The summed E-state index contributed by atoms with van der Waals surface area (Å²) in [5.41, 5.74) is 0. The first-order valence-corrected chi connectivity index (χ1v) is 8.88. The Bertz CT molecular complexity index is 424. The standard InChI is InChI=1S/C16H23NOS/c18-15-16(6-2-1-3-7-16)19-14(17-15)10-13-9-11-4-5-12(13)8-11/h11-13H,1-10H2/t11-,12+,13-/m0/s1. The molecule has 2 nitrogen and oxygen atoms in total. The van der Waals surface area contributed by atoms with E-state index in [4.69, 9.17) is 0 Å². The van der Waals surface area contributed by atoms with Crippen LogP contribution in [-0.2, 0) is 4.79 Å². The van der Waals surface area contributed by atoms with Gasteiger partial charge in [-0.15, -0.1) is 0 Å². The molecule has 104 valence electrons. The van der Waals surface area contributed by atoms with Gasteiger partial charge in [0.05, 0.1) is 5.04 Å². The van der Waals surface area contributed by atoms with Gasteiger partial charge in [0, 0.05) is 0 Å². The minimum absolute atomic E-state index is 0.120. The van der Waals surface area contributed by atoms with Gasteiger partial charge in [0.2, 0.25) is 0 Å². The summed E-state index contributed by atoms with van der Waals surface area (Å²) in [4.78, 5) is 16.7. The molecule has 0 aromatic heterocycles. The number of hydrogen-bond acceptors (Lipinski definition) is 2. The van der Waals surface area contributed by atoms with Gasteiger partial charge in [-0.05, 0) is 56.3 Å². The summed E-state index contributed by atoms with van der Waals surface area (Å²) < 4.78 is -0.120. The van der Waals surface area contributed by atoms with Crippen LogP contribution in [0.1, 0.15) is 64.2 Å². The molecule has 2 bridgehead atoms. The van der Waals surface area contributed by atoms with E-state index >= 15 is 0 Å². The molecule has 1 heterocycles. The SMILES string of the molecule is O=C1N=C(C[C@@H]2C[C@H]3CC[C@@H]2C3)SC12CCCCC2. The van der Waals surface area contributed by atoms with Gasteiger partial charge in [0.1, 0.15) is 4.75 Å². The maximum atomic E-state index is 12.3. The molecule has 0 aromatic rings. The van der Waals surface area contributed by atoms with E-state index in [1.54, 1.807) is 0 Å². The number of rotatable bonds is 2. The average molecular weight is 277 g/mol. The zero-order valence-corrected chi connectivity index (χ0v) is 12.4. The number of aliphatic imine (C=N–C) groups is 1. The predicted molar refractivity (Wildman–Crippen MR) is 79.4 cm³/mol. The highest BCUT2D eigenvalue weighted by Gasteiger charge is 2.47. The third-order valence-electron chi connectivity index (χ3n) is 5.91. The van der Waals surface area contributed by atoms with Crippen LogP contribution in [-0.4, -0.2) is 15.7 Å². The van der Waals surface area contributed by atoms with Gasteiger partial charge >= 0.3 is 0 Å². The molecule has 3 fully saturated rings. The van der Waals surface area contributed by atoms with Crippen molar-refractivity contribution >= 4 is 22.7 Å². The van der Waals surface area contributed by atoms with Crippen molar-refractivity contribution in [3.05, 3.63) is 0 Å². The van der Waals surface area contributed by atoms with Crippen LogP contribution in [0, 0.1) is 17.8 Å². The Morgan fingerprint density at radius 2 is 2.00 bits per heavy atom. The Balaban J connectivity index is 1.43. The molecule has 0 unspecified atom stereocenters. The van der Waals surface area contributed by atoms with E-state index < -0.39 is 0 Å². The van der Waals surface area contributed by atoms with Gasteiger partial charge in [0.25, 0.3) is 5.91 Å². The summed E-state index contributed by atoms with van der Waals surface area (Å²) in [6, 6.07) is 0. The smallest absolute Gasteiger partial charge is 0.263 e. The molecule has 3 heteroatoms. The Morgan fingerprint density at radius 3 is 2.68 bits per heavy atom. The number of hydrogen-bond donors (Lipinski definition) is 0. The molecule has 4 aliphatic rings. The second-order valence-electron chi connectivity index (χ2n) is 7.11. The largest absolute Gasteiger partial charge is 0.271 e. The molecule has 4 rings (SSSR count). The zero-order chi connectivity index (χ0) is 12.9. The van der Waals surface area contributed by atoms with Crippen molar-refractivity contribution in [3.8, 4) is 0 Å². The molecule has 3 atom stereocenters. The lowest BCUT2D eigenvalue weighted by Gasteiger charge is -2.30. The molecule has 0 aromatic carbocycles. The summed E-state index contributed by atoms with van der Waals surface area (Å²) in [6.07, 6.45) is 12.8. The Kier molecular flexibility index (Phi) is 3.02. The minimum atomic E-state index is -0.120. The highest BCUT2D eigenvalue weighted by atomic mass is 32.2. The van der Waals surface area contributed by atoms with E-state index in [1.165, 1.54) is 50.0 Å². The molecule has 0 saturated heterocycles. The Labute approximate surface area is 119 Å². The first-order valence-electron chi connectivity index (χ1n) is 8.06. The number of amides is 1. The molecule has 1 aliphatic heterocycles. The normalized spacial score (nSPS) is 40.1. The molecule has 1 amide bonds. The van der Waals surface area contributed by atoms with Gasteiger partial charge in [-0.3, -0.25) is 4.79 Å². The van der Waals surface area contributed by atoms with Gasteiger partial charge in [0.15, 0.2) is 0 Å². The molecule has 19 heavy (non-hydrogen) atoms. The molecule has 0 radical (unpaired) electrons. The molecular formula is C16H23NOS. The quantitative estimate of drug-likeness (QED) is 0.757. The van der Waals surface area contributed by atoms with Crippen molar-refractivity contribution < 1.29 is 4.79 Å². The van der Waals surface area contributed by atoms with E-state index in [1.807, 2.05) is 11.8 Å². The van der Waals surface area contributed by atoms with E-state index in [-0.39, 0.29) is 10.7 Å². The Morgan fingerprint density at radius 1 is 1.16 bits per heavy atom. The summed E-state index contributed by atoms with van der Waals surface area (Å²) in [5, 5.41) is 1.18. The number of nitrogens with zero attached hydrogens (tertiary/aromatic N) is 1. The number of fused-ring (bicyclic) bond motifs is 2. The number of carbonyl (C=O) groups is 1. The second-order valence-corrected chi connectivity index (χ2v) is 8.56. The molecular weight excluding hydrogens is 254 g/mol. The maximum absolute atomic E-state index is 12.3. The van der Waals surface area contributed by atoms with Crippen LogP contribution in [0.5, 0.6) is 0 Å². The summed E-state index contributed by atoms with van der Waals surface area (Å²) in [6.45, 7) is 0. The monoisotopic (exact) mass is 277 g/mol. The lowest BCUT2D eigenvalue weighted by molar-refractivity contribution is -0.120. The zero-order valence-electron chi connectivity index (χ0n) is 11.6. The topological polar surface area (TPSA) is 29.4 Å². The van der Waals surface area contributed by atoms with Gasteiger partial charge in [-0.25, -0.2) is 4.99 Å². The van der Waals surface area contributed by atoms with Crippen LogP contribution in [0.4, 0.5) is 0 Å². The van der Waals surface area contributed by atoms with Crippen LogP contribution < -0.4 is 0 Å². The lowest BCUT2D eigenvalue weighted by atomic mass is 9.87. The van der Waals surface area contributed by atoms with Gasteiger partial charge in [-0.2, -0.15) is 0 Å². The van der Waals surface area contributed by atoms with Crippen LogP contribution in [0.2, 0.25) is 0 Å². The summed E-state index contributed by atoms with van der Waals surface area (Å²) in [7, 11) is 0. The van der Waals surface area contributed by atoms with Crippen molar-refractivity contribution in [1.82, 2.24) is 0 Å². The fourth-order valence-electron chi connectivity index (χ4n) is 4.88. The van der Waals surface area contributed by atoms with Crippen LogP contribution >= 0.6 is 11.8 Å². The lowest BCUT2D eigenvalue weighted by Crippen LogP contribution is -2.33. The van der Waals surface area contributed by atoms with Crippen LogP contribution in [0.15, 0.2) is 4.99 Å². The van der Waals surface area contributed by atoms with Gasteiger partial charge in [-0.1, -0.05) is 37.4 Å². The molecule has 3 saturated carbocycles. The fourth-order valence-corrected chi connectivity index (χ4v) is 6.39. The van der Waals surface area contributed by atoms with Crippen LogP contribution in [0.3, 0.4) is 0 Å². The number of thioether (sulfide) groups is 1. The molecule has 0 N–H and O–H groups in total. The Hall–Kier alpha value is -0.310. The van der Waals surface area contributed by atoms with Crippen molar-refractivity contribution in [2.75, 3.05) is 0 Å². The van der Waals surface area contributed by atoms with Crippen molar-refractivity contribution in [3.63, 3.8) is 0 Å². The van der Waals surface area contributed by atoms with Crippen molar-refractivity contribution in [2.24, 2.45) is 22.7 Å². The van der Waals surface area contributed by atoms with Gasteiger partial charge < -0.3 is 0 Å². The van der Waals surface area contributed by atoms with E-state index in [2.05, 4.69) is 4.99 Å². The second kappa shape index (κ2) is 4.61. The summed E-state index contributed by atoms with van der Waals surface area (Å²) in [5.74, 6) is 3.00. The minimum Gasteiger partial charge on any atom is -0.271 e. The number of carbonyl (C=O) groups excluding carboxylic acids is 1. The first kappa shape index (κ1) is 12.4. The van der Waals surface area contributed by atoms with Crippen LogP contribution in [0.25, 0.3) is 0 Å².